The molecular formula is C21H17BrN2O3S2. The summed E-state index contributed by atoms with van der Waals surface area (Å²) < 4.78 is 8.43. The lowest BCUT2D eigenvalue weighted by Crippen LogP contribution is -2.39. The fraction of sp³-hybridized carbons (Fsp3) is 0.190. The van der Waals surface area contributed by atoms with Crippen molar-refractivity contribution in [2.45, 2.75) is 19.9 Å². The molecular weight excluding hydrogens is 472 g/mol. The van der Waals surface area contributed by atoms with Crippen LogP contribution in [0.1, 0.15) is 30.3 Å². The van der Waals surface area contributed by atoms with Gasteiger partial charge in [-0.25, -0.2) is 9.79 Å². The number of thiophene rings is 1. The second kappa shape index (κ2) is 8.22. The van der Waals surface area contributed by atoms with Crippen molar-refractivity contribution >= 4 is 50.6 Å². The van der Waals surface area contributed by atoms with Gasteiger partial charge in [-0.05, 0) is 49.1 Å². The number of hydrogen-bond acceptors (Lipinski definition) is 6. The maximum Gasteiger partial charge on any atom is 0.338 e. The number of carbonyl (C=O) groups is 1. The molecule has 1 aliphatic heterocycles. The zero-order chi connectivity index (χ0) is 20.5. The minimum absolute atomic E-state index is 0.163. The lowest BCUT2D eigenvalue weighted by Gasteiger charge is -2.23. The molecule has 8 heteroatoms. The predicted molar refractivity (Wildman–Crippen MR) is 119 cm³/mol. The Morgan fingerprint density at radius 3 is 2.72 bits per heavy atom. The predicted octanol–water partition coefficient (Wildman–Crippen LogP) is 3.62. The molecule has 1 unspecified atom stereocenters. The molecule has 5 nitrogen and oxygen atoms in total. The summed E-state index contributed by atoms with van der Waals surface area (Å²) in [6, 6.07) is 11.1. The number of hydrogen-bond donors (Lipinski definition) is 0. The van der Waals surface area contributed by atoms with Gasteiger partial charge in [0.05, 0.1) is 22.4 Å². The van der Waals surface area contributed by atoms with Crippen molar-refractivity contribution in [1.82, 2.24) is 4.57 Å². The maximum atomic E-state index is 13.3. The van der Waals surface area contributed by atoms with E-state index in [4.69, 9.17) is 4.74 Å². The quantitative estimate of drug-likeness (QED) is 0.526. The molecule has 1 aromatic carbocycles. The second-order valence-corrected chi connectivity index (χ2v) is 9.27. The van der Waals surface area contributed by atoms with Gasteiger partial charge in [-0.2, -0.15) is 0 Å². The molecule has 0 fully saturated rings. The van der Waals surface area contributed by atoms with Gasteiger partial charge in [0.2, 0.25) is 0 Å². The molecule has 4 rings (SSSR count). The fourth-order valence-corrected chi connectivity index (χ4v) is 5.35. The maximum absolute atomic E-state index is 13.3. The van der Waals surface area contributed by atoms with Crippen LogP contribution >= 0.6 is 38.6 Å². The summed E-state index contributed by atoms with van der Waals surface area (Å²) in [4.78, 5) is 32.1. The van der Waals surface area contributed by atoms with Crippen LogP contribution in [0.5, 0.6) is 0 Å². The highest BCUT2D eigenvalue weighted by molar-refractivity contribution is 9.10. The Hall–Kier alpha value is -2.29. The number of aromatic nitrogens is 1. The first-order valence-corrected chi connectivity index (χ1v) is 11.5. The third kappa shape index (κ3) is 3.80. The molecule has 3 aromatic rings. The highest BCUT2D eigenvalue weighted by Gasteiger charge is 2.33. The summed E-state index contributed by atoms with van der Waals surface area (Å²) in [7, 11) is 0. The Balaban J connectivity index is 1.93. The van der Waals surface area contributed by atoms with E-state index in [1.165, 1.54) is 22.7 Å². The first kappa shape index (κ1) is 20.0. The van der Waals surface area contributed by atoms with Crippen LogP contribution in [0.4, 0.5) is 0 Å². The highest BCUT2D eigenvalue weighted by atomic mass is 79.9. The number of carbonyl (C=O) groups excluding carboxylic acids is 1. The topological polar surface area (TPSA) is 60.7 Å². The van der Waals surface area contributed by atoms with Crippen LogP contribution in [-0.4, -0.2) is 17.1 Å². The van der Waals surface area contributed by atoms with Crippen molar-refractivity contribution < 1.29 is 9.53 Å². The molecule has 0 radical (unpaired) electrons. The van der Waals surface area contributed by atoms with E-state index in [9.17, 15) is 9.59 Å². The van der Waals surface area contributed by atoms with Gasteiger partial charge in [0, 0.05) is 9.35 Å². The number of benzene rings is 1. The fourth-order valence-electron chi connectivity index (χ4n) is 3.22. The minimum atomic E-state index is -0.530. The molecule has 0 spiro atoms. The molecule has 0 amide bonds. The first-order valence-electron chi connectivity index (χ1n) is 8.98. The minimum Gasteiger partial charge on any atom is -0.463 e. The number of fused-ring (bicyclic) bond motifs is 1. The number of ether oxygens (including phenoxy) is 1. The van der Waals surface area contributed by atoms with E-state index in [1.54, 1.807) is 18.4 Å². The number of halogens is 1. The molecule has 0 N–H and O–H groups in total. The van der Waals surface area contributed by atoms with E-state index in [2.05, 4.69) is 20.9 Å². The van der Waals surface area contributed by atoms with Crippen LogP contribution < -0.4 is 14.9 Å². The lowest BCUT2D eigenvalue weighted by molar-refractivity contribution is -0.139. The van der Waals surface area contributed by atoms with E-state index in [-0.39, 0.29) is 12.2 Å². The zero-order valence-electron chi connectivity index (χ0n) is 15.7. The summed E-state index contributed by atoms with van der Waals surface area (Å²) in [6.45, 7) is 3.82. The normalized spacial score (nSPS) is 16.5. The van der Waals surface area contributed by atoms with Gasteiger partial charge in [0.1, 0.15) is 6.04 Å². The summed E-state index contributed by atoms with van der Waals surface area (Å²) in [5.74, 6) is -0.436. The van der Waals surface area contributed by atoms with Crippen LogP contribution in [0.25, 0.3) is 6.08 Å². The van der Waals surface area contributed by atoms with Crippen LogP contribution in [-0.2, 0) is 9.53 Å². The smallest absolute Gasteiger partial charge is 0.338 e. The molecule has 2 aromatic heterocycles. The van der Waals surface area contributed by atoms with Gasteiger partial charge in [-0.1, -0.05) is 45.5 Å². The van der Waals surface area contributed by atoms with Crippen LogP contribution in [0.2, 0.25) is 0 Å². The van der Waals surface area contributed by atoms with E-state index in [0.717, 1.165) is 14.9 Å². The second-order valence-electron chi connectivity index (χ2n) is 6.37. The average molecular weight is 489 g/mol. The Kier molecular flexibility index (Phi) is 5.67. The summed E-state index contributed by atoms with van der Waals surface area (Å²) in [5, 5.41) is 1.94. The van der Waals surface area contributed by atoms with E-state index in [1.807, 2.05) is 47.9 Å². The number of allylic oxidation sites excluding steroid dienone is 1. The SMILES string of the molecule is CCOC(=O)C1=C(C)N=c2sc(=Cc3ccc(Br)cc3)c(=O)n2C1c1cccs1. The molecule has 3 heterocycles. The molecule has 0 saturated carbocycles. The third-order valence-corrected chi connectivity index (χ3v) is 6.93. The third-order valence-electron chi connectivity index (χ3n) is 4.50. The molecule has 0 aliphatic carbocycles. The van der Waals surface area contributed by atoms with Crippen molar-refractivity contribution in [2.75, 3.05) is 6.61 Å². The number of rotatable bonds is 4. The van der Waals surface area contributed by atoms with Gasteiger partial charge >= 0.3 is 5.97 Å². The Morgan fingerprint density at radius 2 is 2.07 bits per heavy atom. The average Bonchev–Trinajstić information content (AvgIpc) is 3.32. The van der Waals surface area contributed by atoms with Gasteiger partial charge in [-0.3, -0.25) is 9.36 Å². The zero-order valence-corrected chi connectivity index (χ0v) is 18.9. The number of esters is 1. The van der Waals surface area contributed by atoms with Crippen molar-refractivity contribution in [3.05, 3.63) is 87.6 Å². The Labute approximate surface area is 183 Å². The van der Waals surface area contributed by atoms with Gasteiger partial charge < -0.3 is 4.74 Å². The monoisotopic (exact) mass is 488 g/mol. The largest absolute Gasteiger partial charge is 0.463 e. The summed E-state index contributed by atoms with van der Waals surface area (Å²) in [6.07, 6.45) is 1.85. The van der Waals surface area contributed by atoms with Crippen molar-refractivity contribution in [3.8, 4) is 0 Å². The van der Waals surface area contributed by atoms with Crippen molar-refractivity contribution in [2.24, 2.45) is 4.99 Å². The van der Waals surface area contributed by atoms with Crippen molar-refractivity contribution in [1.29, 1.82) is 0 Å². The van der Waals surface area contributed by atoms with E-state index < -0.39 is 12.0 Å². The van der Waals surface area contributed by atoms with Gasteiger partial charge in [0.15, 0.2) is 4.80 Å². The molecule has 29 heavy (non-hydrogen) atoms. The van der Waals surface area contributed by atoms with Crippen LogP contribution in [0, 0.1) is 0 Å². The number of thiazole rings is 1. The highest BCUT2D eigenvalue weighted by Crippen LogP contribution is 2.33. The lowest BCUT2D eigenvalue weighted by atomic mass is 10.0. The van der Waals surface area contributed by atoms with Crippen LogP contribution in [0.15, 0.2) is 67.3 Å². The Morgan fingerprint density at radius 1 is 1.31 bits per heavy atom. The first-order chi connectivity index (χ1) is 14.0. The van der Waals surface area contributed by atoms with E-state index >= 15 is 0 Å². The summed E-state index contributed by atoms with van der Waals surface area (Å²) in [5.41, 5.74) is 1.76. The van der Waals surface area contributed by atoms with Gasteiger partial charge in [-0.15, -0.1) is 11.3 Å². The molecule has 0 saturated heterocycles. The molecule has 0 bridgehead atoms. The van der Waals surface area contributed by atoms with E-state index in [0.29, 0.717) is 20.6 Å². The van der Waals surface area contributed by atoms with Gasteiger partial charge in [0.25, 0.3) is 5.56 Å². The van der Waals surface area contributed by atoms with Crippen LogP contribution in [0.3, 0.4) is 0 Å². The Bertz CT molecular complexity index is 1270. The molecule has 148 valence electrons. The molecule has 1 aliphatic rings. The molecule has 1 atom stereocenters. The standard InChI is InChI=1S/C21H17BrN2O3S2/c1-3-27-20(26)17-12(2)23-21-24(18(17)15-5-4-10-28-15)19(25)16(29-21)11-13-6-8-14(22)9-7-13/h4-11,18H,3H2,1-2H3. The number of nitrogens with zero attached hydrogens (tertiary/aromatic N) is 2. The summed E-state index contributed by atoms with van der Waals surface area (Å²) >= 11 is 6.25. The van der Waals surface area contributed by atoms with Crippen molar-refractivity contribution in [3.63, 3.8) is 0 Å².